The van der Waals surface area contributed by atoms with Gasteiger partial charge in [0.1, 0.15) is 0 Å². The fourth-order valence-corrected chi connectivity index (χ4v) is 3.09. The summed E-state index contributed by atoms with van der Waals surface area (Å²) < 4.78 is 36.5. The summed E-state index contributed by atoms with van der Waals surface area (Å²) >= 11 is 0. The minimum absolute atomic E-state index is 0.0292. The molecular formula is C16H28N3O5S+. The maximum absolute atomic E-state index is 12.1. The first-order chi connectivity index (χ1) is 11.8. The van der Waals surface area contributed by atoms with E-state index in [9.17, 15) is 13.2 Å². The lowest BCUT2D eigenvalue weighted by Crippen LogP contribution is -3.05. The van der Waals surface area contributed by atoms with E-state index in [1.54, 1.807) is 18.2 Å². The number of carbonyl (C=O) groups is 1. The summed E-state index contributed by atoms with van der Waals surface area (Å²) in [4.78, 5) is 13.4. The van der Waals surface area contributed by atoms with Crippen LogP contribution in [-0.2, 0) is 10.0 Å². The van der Waals surface area contributed by atoms with E-state index in [1.807, 2.05) is 14.1 Å². The lowest BCUT2D eigenvalue weighted by molar-refractivity contribution is -0.858. The van der Waals surface area contributed by atoms with Gasteiger partial charge in [0.05, 0.1) is 40.6 Å². The number of nitrogens with one attached hydrogen (secondary N) is 3. The molecule has 0 atom stereocenters. The fourth-order valence-electron chi connectivity index (χ4n) is 2.12. The van der Waals surface area contributed by atoms with Gasteiger partial charge >= 0.3 is 0 Å². The van der Waals surface area contributed by atoms with E-state index < -0.39 is 10.0 Å². The highest BCUT2D eigenvalue weighted by Gasteiger charge is 2.13. The van der Waals surface area contributed by atoms with Gasteiger partial charge in [-0.3, -0.25) is 4.79 Å². The number of sulfonamides is 1. The molecule has 1 aromatic rings. The van der Waals surface area contributed by atoms with E-state index in [-0.39, 0.29) is 18.2 Å². The molecule has 0 aromatic heterocycles. The van der Waals surface area contributed by atoms with Gasteiger partial charge in [0, 0.05) is 25.1 Å². The van der Waals surface area contributed by atoms with E-state index in [1.165, 1.54) is 19.1 Å². The van der Waals surface area contributed by atoms with Crippen molar-refractivity contribution in [1.29, 1.82) is 0 Å². The van der Waals surface area contributed by atoms with Crippen LogP contribution in [0.4, 0.5) is 0 Å². The van der Waals surface area contributed by atoms with Crippen molar-refractivity contribution in [3.05, 3.63) is 23.8 Å². The molecule has 142 valence electrons. The lowest BCUT2D eigenvalue weighted by atomic mass is 10.2. The van der Waals surface area contributed by atoms with Crippen LogP contribution in [0.25, 0.3) is 0 Å². The number of quaternary nitrogens is 1. The van der Waals surface area contributed by atoms with Crippen molar-refractivity contribution in [3.63, 3.8) is 0 Å². The third-order valence-corrected chi connectivity index (χ3v) is 4.86. The normalized spacial score (nSPS) is 11.4. The smallest absolute Gasteiger partial charge is 0.251 e. The van der Waals surface area contributed by atoms with Crippen molar-refractivity contribution in [2.45, 2.75) is 6.42 Å². The third kappa shape index (κ3) is 7.72. The molecule has 0 bridgehead atoms. The largest absolute Gasteiger partial charge is 0.493 e. The van der Waals surface area contributed by atoms with Crippen LogP contribution in [0.15, 0.2) is 18.2 Å². The molecule has 1 aromatic carbocycles. The summed E-state index contributed by atoms with van der Waals surface area (Å²) in [5, 5.41) is 2.59. The van der Waals surface area contributed by atoms with Crippen LogP contribution in [-0.4, -0.2) is 68.0 Å². The van der Waals surface area contributed by atoms with Crippen LogP contribution in [0.2, 0.25) is 0 Å². The number of ether oxygens (including phenoxy) is 2. The van der Waals surface area contributed by atoms with Gasteiger partial charge in [-0.15, -0.1) is 0 Å². The van der Waals surface area contributed by atoms with Crippen molar-refractivity contribution in [1.82, 2.24) is 10.0 Å². The quantitative estimate of drug-likeness (QED) is 0.427. The van der Waals surface area contributed by atoms with E-state index in [4.69, 9.17) is 9.47 Å². The van der Waals surface area contributed by atoms with Crippen LogP contribution in [0.1, 0.15) is 16.8 Å². The molecule has 0 saturated heterocycles. The second kappa shape index (κ2) is 10.2. The van der Waals surface area contributed by atoms with Gasteiger partial charge in [0.2, 0.25) is 10.0 Å². The Kier molecular flexibility index (Phi) is 8.67. The molecule has 0 saturated carbocycles. The Morgan fingerprint density at radius 3 is 2.40 bits per heavy atom. The minimum atomic E-state index is -3.40. The first kappa shape index (κ1) is 21.2. The highest BCUT2D eigenvalue weighted by atomic mass is 32.2. The Bertz CT molecular complexity index is 662. The minimum Gasteiger partial charge on any atom is -0.493 e. The summed E-state index contributed by atoms with van der Waals surface area (Å²) in [6, 6.07) is 4.76. The molecule has 0 aliphatic carbocycles. The zero-order valence-corrected chi connectivity index (χ0v) is 16.0. The highest BCUT2D eigenvalue weighted by molar-refractivity contribution is 7.89. The SMILES string of the molecule is COc1ccc(C(=O)NCCS(=O)(=O)NCCC[NH+](C)C)cc1OC. The number of amides is 1. The molecule has 1 amide bonds. The van der Waals surface area contributed by atoms with Gasteiger partial charge in [-0.25, -0.2) is 13.1 Å². The molecule has 0 radical (unpaired) electrons. The Morgan fingerprint density at radius 2 is 1.80 bits per heavy atom. The third-order valence-electron chi connectivity index (χ3n) is 3.48. The number of hydrogen-bond donors (Lipinski definition) is 3. The van der Waals surface area contributed by atoms with Crippen molar-refractivity contribution >= 4 is 15.9 Å². The molecule has 25 heavy (non-hydrogen) atoms. The molecule has 0 heterocycles. The zero-order chi connectivity index (χ0) is 18.9. The first-order valence-electron chi connectivity index (χ1n) is 8.05. The topological polar surface area (TPSA) is 98.2 Å². The van der Waals surface area contributed by atoms with Gasteiger partial charge in [0.15, 0.2) is 11.5 Å². The number of methoxy groups -OCH3 is 2. The monoisotopic (exact) mass is 374 g/mol. The van der Waals surface area contributed by atoms with Gasteiger partial charge in [-0.1, -0.05) is 0 Å². The van der Waals surface area contributed by atoms with Gasteiger partial charge in [-0.05, 0) is 18.2 Å². The van der Waals surface area contributed by atoms with Crippen LogP contribution in [0, 0.1) is 0 Å². The molecule has 8 nitrogen and oxygen atoms in total. The van der Waals surface area contributed by atoms with Crippen LogP contribution in [0.3, 0.4) is 0 Å². The van der Waals surface area contributed by atoms with Crippen molar-refractivity contribution in [3.8, 4) is 11.5 Å². The first-order valence-corrected chi connectivity index (χ1v) is 9.71. The second-order valence-corrected chi connectivity index (χ2v) is 7.78. The number of benzene rings is 1. The maximum atomic E-state index is 12.1. The van der Waals surface area contributed by atoms with E-state index >= 15 is 0 Å². The predicted molar refractivity (Wildman–Crippen MR) is 96.0 cm³/mol. The molecule has 1 rings (SSSR count). The summed E-state index contributed by atoms with van der Waals surface area (Å²) in [7, 11) is 3.62. The molecule has 3 N–H and O–H groups in total. The average Bonchev–Trinajstić information content (AvgIpc) is 2.57. The fraction of sp³-hybridized carbons (Fsp3) is 0.562. The van der Waals surface area contributed by atoms with Crippen LogP contribution >= 0.6 is 0 Å². The van der Waals surface area contributed by atoms with E-state index in [0.717, 1.165) is 13.0 Å². The highest BCUT2D eigenvalue weighted by Crippen LogP contribution is 2.27. The van der Waals surface area contributed by atoms with E-state index in [0.29, 0.717) is 23.6 Å². The molecule has 0 aliphatic heterocycles. The Balaban J connectivity index is 2.46. The Hall–Kier alpha value is -1.84. The second-order valence-electron chi connectivity index (χ2n) is 5.85. The lowest BCUT2D eigenvalue weighted by Gasteiger charge is -2.11. The Morgan fingerprint density at radius 1 is 1.12 bits per heavy atom. The van der Waals surface area contributed by atoms with Crippen molar-refractivity contribution in [2.75, 3.05) is 53.7 Å². The molecule has 9 heteroatoms. The molecule has 0 unspecified atom stereocenters. The summed E-state index contributed by atoms with van der Waals surface area (Å²) in [5.74, 6) is 0.422. The molecule has 0 spiro atoms. The number of rotatable bonds is 11. The van der Waals surface area contributed by atoms with Crippen LogP contribution < -0.4 is 24.4 Å². The molecule has 0 aliphatic rings. The summed E-state index contributed by atoms with van der Waals surface area (Å²) in [5.41, 5.74) is 0.372. The van der Waals surface area contributed by atoms with Gasteiger partial charge in [0.25, 0.3) is 5.91 Å². The summed E-state index contributed by atoms with van der Waals surface area (Å²) in [6.07, 6.45) is 0.763. The Labute approximate surface area is 149 Å². The standard InChI is InChI=1S/C16H27N3O5S/c1-19(2)10-5-8-18-25(21,22)11-9-17-16(20)13-6-7-14(23-3)15(12-13)24-4/h6-7,12,18H,5,8-11H2,1-4H3,(H,17,20)/p+1. The van der Waals surface area contributed by atoms with Crippen molar-refractivity contribution < 1.29 is 27.6 Å². The van der Waals surface area contributed by atoms with Crippen LogP contribution in [0.5, 0.6) is 11.5 Å². The zero-order valence-electron chi connectivity index (χ0n) is 15.2. The predicted octanol–water partition coefficient (Wildman–Crippen LogP) is -1.11. The maximum Gasteiger partial charge on any atom is 0.251 e. The molecular weight excluding hydrogens is 346 g/mol. The average molecular weight is 374 g/mol. The number of hydrogen-bond acceptors (Lipinski definition) is 5. The van der Waals surface area contributed by atoms with Gasteiger partial charge in [-0.2, -0.15) is 0 Å². The van der Waals surface area contributed by atoms with E-state index in [2.05, 4.69) is 10.0 Å². The summed E-state index contributed by atoms with van der Waals surface area (Å²) in [6.45, 7) is 1.32. The number of carbonyl (C=O) groups excluding carboxylic acids is 1. The van der Waals surface area contributed by atoms with Crippen molar-refractivity contribution in [2.24, 2.45) is 0 Å². The molecule has 0 fully saturated rings. The van der Waals surface area contributed by atoms with Gasteiger partial charge < -0.3 is 19.7 Å².